The first-order valence-corrected chi connectivity index (χ1v) is 12.3. The van der Waals surface area contributed by atoms with Crippen LogP contribution in [-0.2, 0) is 22.6 Å². The zero-order valence-corrected chi connectivity index (χ0v) is 21.3. The molecule has 0 aliphatic heterocycles. The summed E-state index contributed by atoms with van der Waals surface area (Å²) in [4.78, 5) is 24.9. The Hall–Kier alpha value is -2.75. The molecule has 0 spiro atoms. The minimum absolute atomic E-state index is 0.110. The van der Waals surface area contributed by atoms with Crippen molar-refractivity contribution < 1.29 is 14.3 Å². The van der Waals surface area contributed by atoms with Crippen molar-refractivity contribution in [3.63, 3.8) is 0 Å². The number of benzene rings is 2. The topological polar surface area (TPSA) is 98.1 Å². The fourth-order valence-corrected chi connectivity index (χ4v) is 4.37. The highest BCUT2D eigenvalue weighted by atomic mass is 35.5. The van der Waals surface area contributed by atoms with Crippen molar-refractivity contribution in [2.75, 3.05) is 18.2 Å². The predicted molar refractivity (Wildman–Crippen MR) is 135 cm³/mol. The van der Waals surface area contributed by atoms with E-state index in [1.54, 1.807) is 25.3 Å². The molecule has 0 saturated carbocycles. The first-order chi connectivity index (χ1) is 16.3. The smallest absolute Gasteiger partial charge is 0.234 e. The molecule has 0 aliphatic carbocycles. The van der Waals surface area contributed by atoms with Crippen LogP contribution < -0.4 is 15.4 Å². The number of amides is 2. The van der Waals surface area contributed by atoms with Gasteiger partial charge < -0.3 is 19.9 Å². The van der Waals surface area contributed by atoms with Crippen molar-refractivity contribution >= 4 is 52.5 Å². The van der Waals surface area contributed by atoms with Crippen LogP contribution in [0, 0.1) is 0 Å². The Kier molecular flexibility index (Phi) is 9.20. The third-order valence-electron chi connectivity index (χ3n) is 4.89. The molecule has 2 aromatic carbocycles. The Morgan fingerprint density at radius 3 is 2.53 bits per heavy atom. The molecular formula is C23H25Cl2N5O3S. The monoisotopic (exact) mass is 521 g/mol. The van der Waals surface area contributed by atoms with Gasteiger partial charge >= 0.3 is 0 Å². The molecular weight excluding hydrogens is 497 g/mol. The number of anilines is 1. The second-order valence-corrected chi connectivity index (χ2v) is 9.15. The van der Waals surface area contributed by atoms with Crippen LogP contribution in [0.5, 0.6) is 5.75 Å². The maximum atomic E-state index is 12.5. The molecule has 1 heterocycles. The molecule has 0 saturated heterocycles. The summed E-state index contributed by atoms with van der Waals surface area (Å²) < 4.78 is 7.02. The van der Waals surface area contributed by atoms with E-state index in [0.717, 1.165) is 11.3 Å². The first kappa shape index (κ1) is 25.9. The van der Waals surface area contributed by atoms with E-state index in [4.69, 9.17) is 27.9 Å². The van der Waals surface area contributed by atoms with Crippen LogP contribution in [0.3, 0.4) is 0 Å². The van der Waals surface area contributed by atoms with Crippen molar-refractivity contribution in [3.8, 4) is 5.75 Å². The summed E-state index contributed by atoms with van der Waals surface area (Å²) in [5.74, 6) is 1.09. The second-order valence-electron chi connectivity index (χ2n) is 7.36. The minimum Gasteiger partial charge on any atom is -0.497 e. The number of carbonyl (C=O) groups excluding carboxylic acids is 2. The van der Waals surface area contributed by atoms with Crippen LogP contribution in [0.1, 0.15) is 31.3 Å². The maximum absolute atomic E-state index is 12.5. The minimum atomic E-state index is -0.355. The van der Waals surface area contributed by atoms with Gasteiger partial charge in [0.2, 0.25) is 11.8 Å². The molecule has 180 valence electrons. The van der Waals surface area contributed by atoms with Crippen LogP contribution in [0.15, 0.2) is 47.6 Å². The van der Waals surface area contributed by atoms with Crippen LogP contribution >= 0.6 is 35.0 Å². The first-order valence-electron chi connectivity index (χ1n) is 10.5. The molecule has 11 heteroatoms. The Morgan fingerprint density at radius 2 is 1.85 bits per heavy atom. The van der Waals surface area contributed by atoms with E-state index in [1.165, 1.54) is 11.8 Å². The predicted octanol–water partition coefficient (Wildman–Crippen LogP) is 4.76. The lowest BCUT2D eigenvalue weighted by atomic mass is 10.1. The number of halogens is 2. The number of nitrogens with one attached hydrogen (secondary N) is 2. The Balaban J connectivity index is 1.58. The van der Waals surface area contributed by atoms with Gasteiger partial charge in [-0.1, -0.05) is 47.1 Å². The van der Waals surface area contributed by atoms with Gasteiger partial charge in [-0.25, -0.2) is 0 Å². The van der Waals surface area contributed by atoms with E-state index in [2.05, 4.69) is 20.8 Å². The number of carbonyl (C=O) groups is 2. The van der Waals surface area contributed by atoms with Gasteiger partial charge in [-0.2, -0.15) is 0 Å². The highest BCUT2D eigenvalue weighted by Crippen LogP contribution is 2.26. The van der Waals surface area contributed by atoms with Crippen LogP contribution in [-0.4, -0.2) is 39.4 Å². The molecule has 1 atom stereocenters. The van der Waals surface area contributed by atoms with Crippen molar-refractivity contribution in [2.45, 2.75) is 38.0 Å². The summed E-state index contributed by atoms with van der Waals surface area (Å²) in [5.41, 5.74) is 1.33. The molecule has 8 nitrogen and oxygen atoms in total. The van der Waals surface area contributed by atoms with Gasteiger partial charge in [0.25, 0.3) is 0 Å². The number of hydrogen-bond acceptors (Lipinski definition) is 6. The van der Waals surface area contributed by atoms with E-state index in [9.17, 15) is 9.59 Å². The highest BCUT2D eigenvalue weighted by molar-refractivity contribution is 7.99. The van der Waals surface area contributed by atoms with E-state index in [-0.39, 0.29) is 30.0 Å². The molecule has 0 fully saturated rings. The van der Waals surface area contributed by atoms with Crippen LogP contribution in [0.4, 0.5) is 5.69 Å². The Labute approximate surface area is 212 Å². The molecule has 34 heavy (non-hydrogen) atoms. The largest absolute Gasteiger partial charge is 0.497 e. The summed E-state index contributed by atoms with van der Waals surface area (Å²) in [6, 6.07) is 11.9. The van der Waals surface area contributed by atoms with Crippen LogP contribution in [0.2, 0.25) is 10.0 Å². The fraction of sp³-hybridized carbons (Fsp3) is 0.304. The third-order valence-corrected chi connectivity index (χ3v) is 6.42. The third kappa shape index (κ3) is 6.88. The number of nitrogens with zero attached hydrogens (tertiary/aromatic N) is 3. The zero-order chi connectivity index (χ0) is 24.7. The van der Waals surface area contributed by atoms with E-state index in [1.807, 2.05) is 42.7 Å². The van der Waals surface area contributed by atoms with E-state index in [0.29, 0.717) is 33.3 Å². The van der Waals surface area contributed by atoms with Gasteiger partial charge in [0.05, 0.1) is 36.0 Å². The number of rotatable bonds is 10. The molecule has 3 aromatic rings. The lowest BCUT2D eigenvalue weighted by molar-refractivity contribution is -0.121. The van der Waals surface area contributed by atoms with E-state index < -0.39 is 0 Å². The quantitative estimate of drug-likeness (QED) is 0.373. The lowest BCUT2D eigenvalue weighted by Crippen LogP contribution is -2.30. The summed E-state index contributed by atoms with van der Waals surface area (Å²) in [7, 11) is 1.60. The molecule has 0 bridgehead atoms. The van der Waals surface area contributed by atoms with E-state index >= 15 is 0 Å². The van der Waals surface area contributed by atoms with Gasteiger partial charge in [0.15, 0.2) is 11.0 Å². The maximum Gasteiger partial charge on any atom is 0.234 e. The average Bonchev–Trinajstić information content (AvgIpc) is 3.23. The van der Waals surface area contributed by atoms with Gasteiger partial charge in [0, 0.05) is 11.6 Å². The second kappa shape index (κ2) is 12.1. The lowest BCUT2D eigenvalue weighted by Gasteiger charge is -2.15. The molecule has 3 rings (SSSR count). The average molecular weight is 522 g/mol. The SMILES string of the molecule is CCn1c(SCC(=O)Nc2cc(Cl)ccc2Cl)nnc1C(C)NC(=O)Cc1ccc(OC)cc1. The van der Waals surface area contributed by atoms with Gasteiger partial charge in [-0.15, -0.1) is 10.2 Å². The van der Waals surface area contributed by atoms with Crippen molar-refractivity contribution in [3.05, 3.63) is 63.9 Å². The van der Waals surface area contributed by atoms with Crippen molar-refractivity contribution in [2.24, 2.45) is 0 Å². The fourth-order valence-electron chi connectivity index (χ4n) is 3.22. The van der Waals surface area contributed by atoms with Crippen LogP contribution in [0.25, 0.3) is 0 Å². The zero-order valence-electron chi connectivity index (χ0n) is 19.0. The molecule has 1 unspecified atom stereocenters. The van der Waals surface area contributed by atoms with Gasteiger partial charge in [-0.3, -0.25) is 9.59 Å². The Bertz CT molecular complexity index is 1150. The normalized spacial score (nSPS) is 11.7. The number of methoxy groups -OCH3 is 1. The number of hydrogen-bond donors (Lipinski definition) is 2. The molecule has 1 aromatic heterocycles. The summed E-state index contributed by atoms with van der Waals surface area (Å²) in [6.07, 6.45) is 0.239. The number of thioether (sulfide) groups is 1. The van der Waals surface area contributed by atoms with Crippen molar-refractivity contribution in [1.82, 2.24) is 20.1 Å². The molecule has 0 aliphatic rings. The van der Waals surface area contributed by atoms with Crippen molar-refractivity contribution in [1.29, 1.82) is 0 Å². The van der Waals surface area contributed by atoms with Gasteiger partial charge in [-0.05, 0) is 49.7 Å². The highest BCUT2D eigenvalue weighted by Gasteiger charge is 2.20. The molecule has 0 radical (unpaired) electrons. The standard InChI is InChI=1S/C23H25Cl2N5O3S/c1-4-30-22(14(2)26-20(31)11-15-5-8-17(33-3)9-6-15)28-29-23(30)34-13-21(32)27-19-12-16(24)7-10-18(19)25/h5-10,12,14H,4,11,13H2,1-3H3,(H,26,31)(H,27,32). The molecule has 2 amide bonds. The van der Waals surface area contributed by atoms with Gasteiger partial charge in [0.1, 0.15) is 5.75 Å². The number of ether oxygens (including phenoxy) is 1. The Morgan fingerprint density at radius 1 is 1.12 bits per heavy atom. The summed E-state index contributed by atoms with van der Waals surface area (Å²) >= 11 is 13.3. The summed E-state index contributed by atoms with van der Waals surface area (Å²) in [5, 5.41) is 15.6. The molecule has 2 N–H and O–H groups in total. The number of aromatic nitrogens is 3. The summed E-state index contributed by atoms with van der Waals surface area (Å²) in [6.45, 7) is 4.39.